The van der Waals surface area contributed by atoms with Gasteiger partial charge in [-0.3, -0.25) is 0 Å². The van der Waals surface area contributed by atoms with E-state index in [1.165, 1.54) is 59.5 Å². The van der Waals surface area contributed by atoms with Gasteiger partial charge in [-0.15, -0.1) is 0 Å². The number of hydrogen-bond acceptors (Lipinski definition) is 4. The molecule has 0 fully saturated rings. The fourth-order valence-corrected chi connectivity index (χ4v) is 8.58. The van der Waals surface area contributed by atoms with Gasteiger partial charge in [0.1, 0.15) is 11.2 Å². The lowest BCUT2D eigenvalue weighted by atomic mass is 9.84. The molecule has 1 aliphatic heterocycles. The summed E-state index contributed by atoms with van der Waals surface area (Å²) in [5, 5.41) is 7.11. The summed E-state index contributed by atoms with van der Waals surface area (Å²) in [4.78, 5) is 3.85. The number of thiophene rings is 1. The van der Waals surface area contributed by atoms with E-state index in [-0.39, 0.29) is 0 Å². The van der Waals surface area contributed by atoms with Gasteiger partial charge in [0.15, 0.2) is 0 Å². The number of aromatic nitrogens is 1. The van der Waals surface area contributed by atoms with Crippen LogP contribution in [0.3, 0.4) is 0 Å². The molecule has 1 aliphatic carbocycles. The van der Waals surface area contributed by atoms with Crippen molar-refractivity contribution < 1.29 is 4.57 Å². The number of nitrogens with zero attached hydrogens (tertiary/aromatic N) is 2. The molecule has 0 amide bonds. The van der Waals surface area contributed by atoms with Crippen LogP contribution < -0.4 is 9.47 Å². The van der Waals surface area contributed by atoms with E-state index >= 15 is 0 Å². The summed E-state index contributed by atoms with van der Waals surface area (Å²) in [5.41, 5.74) is 8.23. The highest BCUT2D eigenvalue weighted by Gasteiger charge is 2.26. The highest BCUT2D eigenvalue weighted by molar-refractivity contribution is 8.03. The van der Waals surface area contributed by atoms with E-state index in [0.717, 1.165) is 25.9 Å². The maximum atomic E-state index is 2.49. The van der Waals surface area contributed by atoms with Crippen LogP contribution in [0.4, 0.5) is 5.69 Å². The smallest absolute Gasteiger partial charge is 0.263 e. The van der Waals surface area contributed by atoms with Gasteiger partial charge in [-0.05, 0) is 96.0 Å². The predicted octanol–water partition coefficient (Wildman–Crippen LogP) is 9.54. The van der Waals surface area contributed by atoms with Crippen molar-refractivity contribution in [3.8, 4) is 11.1 Å². The Morgan fingerprint density at radius 2 is 1.89 bits per heavy atom. The van der Waals surface area contributed by atoms with Crippen LogP contribution in [0, 0.1) is 5.92 Å². The molecule has 4 aromatic rings. The van der Waals surface area contributed by atoms with Crippen molar-refractivity contribution >= 4 is 56.4 Å². The molecule has 1 unspecified atom stereocenters. The number of hydrogen-bond donors (Lipinski definition) is 0. The number of rotatable bonds is 6. The fourth-order valence-electron chi connectivity index (χ4n) is 5.53. The second kappa shape index (κ2) is 10.6. The third kappa shape index (κ3) is 4.85. The quantitative estimate of drug-likeness (QED) is 0.224. The first-order valence-electron chi connectivity index (χ1n) is 13.3. The predicted molar refractivity (Wildman–Crippen MR) is 163 cm³/mol. The van der Waals surface area contributed by atoms with Gasteiger partial charge in [-0.25, -0.2) is 0 Å². The van der Waals surface area contributed by atoms with E-state index in [1.54, 1.807) is 11.3 Å². The minimum Gasteiger partial charge on any atom is -0.335 e. The van der Waals surface area contributed by atoms with Crippen molar-refractivity contribution in [1.29, 1.82) is 0 Å². The second-order valence-corrected chi connectivity index (χ2v) is 12.7. The molecule has 37 heavy (non-hydrogen) atoms. The number of para-hydroxylation sites is 1. The third-order valence-electron chi connectivity index (χ3n) is 7.47. The zero-order valence-corrected chi connectivity index (χ0v) is 24.2. The molecule has 2 aliphatic rings. The normalized spacial score (nSPS) is 19.7. The molecule has 2 aromatic carbocycles. The molecule has 6 rings (SSSR count). The Kier molecular flexibility index (Phi) is 7.11. The summed E-state index contributed by atoms with van der Waals surface area (Å²) in [6, 6.07) is 17.9. The average Bonchev–Trinajstić information content (AvgIpc) is 3.65. The van der Waals surface area contributed by atoms with Gasteiger partial charge in [0.25, 0.3) is 5.01 Å². The number of aryl methyl sites for hydroxylation is 1. The Labute approximate surface area is 232 Å². The van der Waals surface area contributed by atoms with Crippen molar-refractivity contribution in [2.24, 2.45) is 5.92 Å². The van der Waals surface area contributed by atoms with Crippen molar-refractivity contribution in [2.45, 2.75) is 51.5 Å². The van der Waals surface area contributed by atoms with Crippen LogP contribution in [0.5, 0.6) is 0 Å². The van der Waals surface area contributed by atoms with E-state index in [4.69, 9.17) is 0 Å². The van der Waals surface area contributed by atoms with Crippen LogP contribution in [0.25, 0.3) is 27.4 Å². The SMILES string of the molecule is CCC1CC(C=C2Sc3ccc(-c4ccsc4)cc3N2CC)=CC(=Cc2sc3ccccc3[n+]2CC)C1. The van der Waals surface area contributed by atoms with E-state index < -0.39 is 0 Å². The first-order valence-corrected chi connectivity index (χ1v) is 15.9. The Balaban J connectivity index is 1.35. The summed E-state index contributed by atoms with van der Waals surface area (Å²) in [5.74, 6) is 0.696. The van der Waals surface area contributed by atoms with Crippen LogP contribution in [0.1, 0.15) is 45.0 Å². The molecule has 1 atom stereocenters. The van der Waals surface area contributed by atoms with Gasteiger partial charge >= 0.3 is 0 Å². The molecule has 0 N–H and O–H groups in total. The Bertz CT molecular complexity index is 1520. The molecule has 188 valence electrons. The molecular weight excluding hydrogens is 509 g/mol. The largest absolute Gasteiger partial charge is 0.335 e. The van der Waals surface area contributed by atoms with E-state index in [9.17, 15) is 0 Å². The Morgan fingerprint density at radius 1 is 1.00 bits per heavy atom. The number of fused-ring (bicyclic) bond motifs is 2. The molecule has 3 heterocycles. The lowest BCUT2D eigenvalue weighted by Gasteiger charge is -2.24. The van der Waals surface area contributed by atoms with Gasteiger partial charge in [0.05, 0.1) is 10.7 Å². The zero-order valence-electron chi connectivity index (χ0n) is 21.7. The minimum absolute atomic E-state index is 0.696. The lowest BCUT2D eigenvalue weighted by Crippen LogP contribution is -2.33. The van der Waals surface area contributed by atoms with Crippen molar-refractivity contribution in [3.05, 3.63) is 92.6 Å². The number of benzene rings is 2. The average molecular weight is 542 g/mol. The maximum Gasteiger partial charge on any atom is 0.263 e. The molecule has 0 saturated carbocycles. The number of thioether (sulfide) groups is 1. The van der Waals surface area contributed by atoms with E-state index in [1.807, 2.05) is 23.1 Å². The number of anilines is 1. The van der Waals surface area contributed by atoms with Crippen LogP contribution in [-0.2, 0) is 6.54 Å². The third-order valence-corrected chi connectivity index (χ3v) is 10.4. The van der Waals surface area contributed by atoms with Gasteiger partial charge < -0.3 is 4.90 Å². The summed E-state index contributed by atoms with van der Waals surface area (Å²) < 4.78 is 3.83. The van der Waals surface area contributed by atoms with Crippen LogP contribution in [-0.4, -0.2) is 6.54 Å². The summed E-state index contributed by atoms with van der Waals surface area (Å²) >= 11 is 5.59. The molecule has 0 bridgehead atoms. The van der Waals surface area contributed by atoms with Gasteiger partial charge in [0, 0.05) is 23.6 Å². The lowest BCUT2D eigenvalue weighted by molar-refractivity contribution is -0.665. The van der Waals surface area contributed by atoms with Crippen molar-refractivity contribution in [3.63, 3.8) is 0 Å². The van der Waals surface area contributed by atoms with Crippen LogP contribution in [0.15, 0.2) is 92.5 Å². The Morgan fingerprint density at radius 3 is 2.68 bits per heavy atom. The van der Waals surface area contributed by atoms with E-state index in [0.29, 0.717) is 5.92 Å². The molecular formula is C32H33N2S3+. The fraction of sp³-hybridized carbons (Fsp3) is 0.281. The number of allylic oxidation sites excluding steroid dienone is 4. The molecule has 5 heteroatoms. The first kappa shape index (κ1) is 24.7. The minimum atomic E-state index is 0.696. The molecule has 0 radical (unpaired) electrons. The number of thiazole rings is 1. The molecule has 2 aromatic heterocycles. The van der Waals surface area contributed by atoms with Crippen LogP contribution >= 0.6 is 34.4 Å². The van der Waals surface area contributed by atoms with Gasteiger partial charge in [0.2, 0.25) is 5.52 Å². The van der Waals surface area contributed by atoms with Gasteiger partial charge in [-0.2, -0.15) is 15.9 Å². The molecule has 2 nitrogen and oxygen atoms in total. The van der Waals surface area contributed by atoms with Crippen molar-refractivity contribution in [2.75, 3.05) is 11.4 Å². The summed E-state index contributed by atoms with van der Waals surface area (Å²) in [7, 11) is 0. The highest BCUT2D eigenvalue weighted by atomic mass is 32.2. The monoisotopic (exact) mass is 541 g/mol. The maximum absolute atomic E-state index is 2.49. The second-order valence-electron chi connectivity index (χ2n) is 9.80. The summed E-state index contributed by atoms with van der Waals surface area (Å²) in [6.45, 7) is 8.83. The van der Waals surface area contributed by atoms with Crippen LogP contribution in [0.2, 0.25) is 0 Å². The first-order chi connectivity index (χ1) is 18.2. The Hall–Kier alpha value is -2.60. The zero-order chi connectivity index (χ0) is 25.4. The molecule has 0 saturated heterocycles. The topological polar surface area (TPSA) is 7.12 Å². The van der Waals surface area contributed by atoms with Gasteiger partial charge in [-0.1, -0.05) is 60.7 Å². The highest BCUT2D eigenvalue weighted by Crippen LogP contribution is 2.48. The van der Waals surface area contributed by atoms with E-state index in [2.05, 4.69) is 108 Å². The standard InChI is InChI=1S/C32H33N2S3/c1-4-22-15-23(18-31-33(5-2)27-9-7-8-10-29(27)36-31)17-24(16-22)19-32-34(6-3)28-20-25(11-12-30(28)37-32)26-13-14-35-21-26/h7-14,17-22H,4-6,15-16H2,1-3H3/q+1. The molecule has 0 spiro atoms. The van der Waals surface area contributed by atoms with Crippen molar-refractivity contribution in [1.82, 2.24) is 0 Å². The summed E-state index contributed by atoms with van der Waals surface area (Å²) in [6.07, 6.45) is 10.9.